The van der Waals surface area contributed by atoms with Crippen molar-refractivity contribution in [2.24, 2.45) is 0 Å². The third-order valence-electron chi connectivity index (χ3n) is 6.06. The van der Waals surface area contributed by atoms with Gasteiger partial charge in [0.2, 0.25) is 0 Å². The smallest absolute Gasteiger partial charge is 0.0757 e. The van der Waals surface area contributed by atoms with Crippen LogP contribution in [0.25, 0.3) is 0 Å². The van der Waals surface area contributed by atoms with E-state index < -0.39 is 0 Å². The largest absolute Gasteiger partial charge is 0.378 e. The van der Waals surface area contributed by atoms with Gasteiger partial charge < -0.3 is 20.4 Å². The monoisotopic (exact) mass is 450 g/mol. The first kappa shape index (κ1) is 23.2. The SMILES string of the molecule is CN(C)c1ccc([C@H](Nc2ccccc2)[C@@H](Nc2ccccc2)c2ccc(N(C)C)cc2)cc1. The molecule has 0 fully saturated rings. The predicted octanol–water partition coefficient (Wildman–Crippen LogP) is 6.83. The van der Waals surface area contributed by atoms with Crippen molar-refractivity contribution in [3.8, 4) is 0 Å². The molecule has 0 aliphatic heterocycles. The molecule has 2 atom stereocenters. The van der Waals surface area contributed by atoms with Crippen LogP contribution < -0.4 is 20.4 Å². The van der Waals surface area contributed by atoms with E-state index in [-0.39, 0.29) is 12.1 Å². The quantitative estimate of drug-likeness (QED) is 0.293. The Balaban J connectivity index is 1.78. The van der Waals surface area contributed by atoms with Crippen LogP contribution in [-0.4, -0.2) is 28.2 Å². The molecule has 0 heterocycles. The maximum Gasteiger partial charge on any atom is 0.0757 e. The summed E-state index contributed by atoms with van der Waals surface area (Å²) in [5.74, 6) is 0. The zero-order valence-corrected chi connectivity index (χ0v) is 20.4. The molecule has 4 rings (SSSR count). The second kappa shape index (κ2) is 10.8. The molecule has 4 aromatic carbocycles. The van der Waals surface area contributed by atoms with E-state index in [2.05, 4.69) is 146 Å². The Morgan fingerprint density at radius 2 is 0.765 bits per heavy atom. The van der Waals surface area contributed by atoms with Gasteiger partial charge in [0.15, 0.2) is 0 Å². The highest BCUT2D eigenvalue weighted by Gasteiger charge is 2.25. The fraction of sp³-hybridized carbons (Fsp3) is 0.200. The van der Waals surface area contributed by atoms with Crippen LogP contribution >= 0.6 is 0 Å². The molecular formula is C30H34N4. The van der Waals surface area contributed by atoms with Crippen molar-refractivity contribution in [2.45, 2.75) is 12.1 Å². The van der Waals surface area contributed by atoms with Gasteiger partial charge in [-0.3, -0.25) is 0 Å². The van der Waals surface area contributed by atoms with E-state index in [1.807, 2.05) is 12.1 Å². The summed E-state index contributed by atoms with van der Waals surface area (Å²) in [6.07, 6.45) is 0. The van der Waals surface area contributed by atoms with Crippen LogP contribution in [0.5, 0.6) is 0 Å². The molecule has 0 aliphatic carbocycles. The molecule has 0 spiro atoms. The third-order valence-corrected chi connectivity index (χ3v) is 6.06. The number of benzene rings is 4. The Morgan fingerprint density at radius 1 is 0.441 bits per heavy atom. The van der Waals surface area contributed by atoms with Crippen molar-refractivity contribution in [3.63, 3.8) is 0 Å². The van der Waals surface area contributed by atoms with Crippen LogP contribution in [0.1, 0.15) is 23.2 Å². The van der Waals surface area contributed by atoms with Crippen molar-refractivity contribution in [1.82, 2.24) is 0 Å². The molecule has 0 aliphatic rings. The number of para-hydroxylation sites is 2. The third kappa shape index (κ3) is 5.70. The van der Waals surface area contributed by atoms with Crippen molar-refractivity contribution in [2.75, 3.05) is 48.6 Å². The Morgan fingerprint density at radius 3 is 1.06 bits per heavy atom. The van der Waals surface area contributed by atoms with Crippen molar-refractivity contribution < 1.29 is 0 Å². The fourth-order valence-corrected chi connectivity index (χ4v) is 4.11. The lowest BCUT2D eigenvalue weighted by molar-refractivity contribution is 0.650. The number of nitrogens with one attached hydrogen (secondary N) is 2. The summed E-state index contributed by atoms with van der Waals surface area (Å²) in [5, 5.41) is 7.63. The van der Waals surface area contributed by atoms with Crippen molar-refractivity contribution in [3.05, 3.63) is 120 Å². The minimum Gasteiger partial charge on any atom is -0.378 e. The Kier molecular flexibility index (Phi) is 7.38. The summed E-state index contributed by atoms with van der Waals surface area (Å²) in [6.45, 7) is 0. The molecule has 0 amide bonds. The van der Waals surface area contributed by atoms with Crippen LogP contribution in [0.15, 0.2) is 109 Å². The molecule has 4 aromatic rings. The number of hydrogen-bond acceptors (Lipinski definition) is 4. The summed E-state index contributed by atoms with van der Waals surface area (Å²) >= 11 is 0. The number of hydrogen-bond donors (Lipinski definition) is 2. The normalized spacial score (nSPS) is 12.5. The maximum atomic E-state index is 3.81. The molecule has 4 heteroatoms. The molecule has 4 nitrogen and oxygen atoms in total. The second-order valence-corrected chi connectivity index (χ2v) is 8.95. The van der Waals surface area contributed by atoms with Gasteiger partial charge in [-0.05, 0) is 59.7 Å². The summed E-state index contributed by atoms with van der Waals surface area (Å²) in [7, 11) is 8.28. The van der Waals surface area contributed by atoms with Crippen molar-refractivity contribution >= 4 is 22.7 Å². The van der Waals surface area contributed by atoms with Gasteiger partial charge in [-0.2, -0.15) is 0 Å². The van der Waals surface area contributed by atoms with E-state index in [4.69, 9.17) is 0 Å². The average Bonchev–Trinajstić information content (AvgIpc) is 2.87. The van der Waals surface area contributed by atoms with Crippen LogP contribution in [-0.2, 0) is 0 Å². The molecular weight excluding hydrogens is 416 g/mol. The highest BCUT2D eigenvalue weighted by atomic mass is 15.1. The summed E-state index contributed by atoms with van der Waals surface area (Å²) < 4.78 is 0. The summed E-state index contributed by atoms with van der Waals surface area (Å²) in [4.78, 5) is 4.26. The molecule has 0 saturated heterocycles. The van der Waals surface area contributed by atoms with Gasteiger partial charge in [0.1, 0.15) is 0 Å². The lowest BCUT2D eigenvalue weighted by Crippen LogP contribution is -2.26. The minimum absolute atomic E-state index is 0.00373. The zero-order valence-electron chi connectivity index (χ0n) is 20.4. The Hall–Kier alpha value is -3.92. The van der Waals surface area contributed by atoms with Gasteiger partial charge in [0.25, 0.3) is 0 Å². The van der Waals surface area contributed by atoms with E-state index in [9.17, 15) is 0 Å². The van der Waals surface area contributed by atoms with Gasteiger partial charge in [-0.25, -0.2) is 0 Å². The molecule has 0 bridgehead atoms. The standard InChI is InChI=1S/C30H34N4/c1-33(2)27-19-15-23(16-20-27)29(31-25-11-7-5-8-12-25)30(32-26-13-9-6-10-14-26)24-17-21-28(22-18-24)34(3)4/h5-22,29-32H,1-4H3/t29-,30-/m0/s1. The van der Waals surface area contributed by atoms with Gasteiger partial charge in [-0.15, -0.1) is 0 Å². The molecule has 0 saturated carbocycles. The Bertz CT molecular complexity index is 1040. The molecule has 0 unspecified atom stereocenters. The summed E-state index contributed by atoms with van der Waals surface area (Å²) in [5.41, 5.74) is 7.00. The first-order valence-electron chi connectivity index (χ1n) is 11.7. The first-order valence-corrected chi connectivity index (χ1v) is 11.7. The van der Waals surface area contributed by atoms with E-state index in [0.717, 1.165) is 11.4 Å². The first-order chi connectivity index (χ1) is 16.5. The topological polar surface area (TPSA) is 30.5 Å². The van der Waals surface area contributed by atoms with Crippen LogP contribution in [0, 0.1) is 0 Å². The second-order valence-electron chi connectivity index (χ2n) is 8.95. The lowest BCUT2D eigenvalue weighted by atomic mass is 9.92. The van der Waals surface area contributed by atoms with E-state index in [1.54, 1.807) is 0 Å². The highest BCUT2D eigenvalue weighted by molar-refractivity contribution is 5.55. The molecule has 34 heavy (non-hydrogen) atoms. The molecule has 174 valence electrons. The molecule has 0 radical (unpaired) electrons. The van der Waals surface area contributed by atoms with Gasteiger partial charge in [0, 0.05) is 50.9 Å². The average molecular weight is 451 g/mol. The maximum absolute atomic E-state index is 3.81. The van der Waals surface area contributed by atoms with Gasteiger partial charge in [0.05, 0.1) is 12.1 Å². The predicted molar refractivity (Wildman–Crippen MR) is 147 cm³/mol. The number of rotatable bonds is 9. The van der Waals surface area contributed by atoms with E-state index >= 15 is 0 Å². The minimum atomic E-state index is 0.00373. The van der Waals surface area contributed by atoms with E-state index in [1.165, 1.54) is 22.5 Å². The van der Waals surface area contributed by atoms with Gasteiger partial charge >= 0.3 is 0 Å². The van der Waals surface area contributed by atoms with Gasteiger partial charge in [-0.1, -0.05) is 60.7 Å². The van der Waals surface area contributed by atoms with Crippen molar-refractivity contribution in [1.29, 1.82) is 0 Å². The van der Waals surface area contributed by atoms with Crippen LogP contribution in [0.2, 0.25) is 0 Å². The van der Waals surface area contributed by atoms with E-state index in [0.29, 0.717) is 0 Å². The lowest BCUT2D eigenvalue weighted by Gasteiger charge is -2.32. The van der Waals surface area contributed by atoms with Crippen LogP contribution in [0.3, 0.4) is 0 Å². The zero-order chi connectivity index (χ0) is 23.9. The number of anilines is 4. The summed E-state index contributed by atoms with van der Waals surface area (Å²) in [6, 6.07) is 38.5. The Labute approximate surface area is 203 Å². The fourth-order valence-electron chi connectivity index (χ4n) is 4.11. The molecule has 2 N–H and O–H groups in total. The van der Waals surface area contributed by atoms with Crippen LogP contribution in [0.4, 0.5) is 22.7 Å². The number of nitrogens with zero attached hydrogens (tertiary/aromatic N) is 2. The molecule has 0 aromatic heterocycles. The highest BCUT2D eigenvalue weighted by Crippen LogP contribution is 2.36.